The van der Waals surface area contributed by atoms with Crippen molar-refractivity contribution < 1.29 is 14.0 Å². The first-order valence-electron chi connectivity index (χ1n) is 5.00. The molecule has 1 aromatic carbocycles. The number of hydrogen-bond donors (Lipinski definition) is 2. The van der Waals surface area contributed by atoms with Crippen molar-refractivity contribution >= 4 is 11.9 Å². The van der Waals surface area contributed by atoms with E-state index in [1.807, 2.05) is 0 Å². The number of rotatable bonds is 4. The lowest BCUT2D eigenvalue weighted by Gasteiger charge is -2.13. The molecular weight excluding hydrogens is 225 g/mol. The Kier molecular flexibility index (Phi) is 4.45. The summed E-state index contributed by atoms with van der Waals surface area (Å²) in [6.45, 7) is 0.183. The number of nitrogens with two attached hydrogens (primary N) is 1. The molecule has 0 heterocycles. The monoisotopic (exact) mass is 239 g/mol. The van der Waals surface area contributed by atoms with Crippen LogP contribution in [0.15, 0.2) is 24.3 Å². The van der Waals surface area contributed by atoms with Crippen LogP contribution in [-0.4, -0.2) is 30.4 Å². The number of likely N-dealkylation sites (N-methyl/N-ethyl adjacent to an activating group) is 1. The topological polar surface area (TPSA) is 75.4 Å². The zero-order valence-corrected chi connectivity index (χ0v) is 9.44. The Bertz CT molecular complexity index is 406. The summed E-state index contributed by atoms with van der Waals surface area (Å²) in [5.41, 5.74) is 5.75. The lowest BCUT2D eigenvalue weighted by molar-refractivity contribution is -0.121. The van der Waals surface area contributed by atoms with Gasteiger partial charge in [-0.05, 0) is 17.7 Å². The number of carbonyl (C=O) groups is 2. The molecule has 0 aliphatic carbocycles. The number of nitrogens with one attached hydrogen (secondary N) is 1. The number of amides is 3. The van der Waals surface area contributed by atoms with Gasteiger partial charge >= 0.3 is 6.03 Å². The van der Waals surface area contributed by atoms with Crippen LogP contribution in [0, 0.1) is 5.82 Å². The number of benzene rings is 1. The van der Waals surface area contributed by atoms with E-state index in [2.05, 4.69) is 5.32 Å². The van der Waals surface area contributed by atoms with Gasteiger partial charge in [-0.1, -0.05) is 12.1 Å². The molecule has 0 radical (unpaired) electrons. The largest absolute Gasteiger partial charge is 0.351 e. The van der Waals surface area contributed by atoms with Crippen molar-refractivity contribution in [1.82, 2.24) is 10.2 Å². The highest BCUT2D eigenvalue weighted by atomic mass is 19.1. The fourth-order valence-corrected chi connectivity index (χ4v) is 1.15. The number of hydrogen-bond acceptors (Lipinski definition) is 2. The van der Waals surface area contributed by atoms with Gasteiger partial charge in [0, 0.05) is 13.6 Å². The number of nitrogens with zero attached hydrogens (tertiary/aromatic N) is 1. The van der Waals surface area contributed by atoms with E-state index in [4.69, 9.17) is 5.73 Å². The van der Waals surface area contributed by atoms with Gasteiger partial charge in [-0.2, -0.15) is 0 Å². The molecule has 0 aromatic heterocycles. The van der Waals surface area contributed by atoms with Gasteiger partial charge in [0.1, 0.15) is 12.4 Å². The molecule has 5 nitrogen and oxygen atoms in total. The van der Waals surface area contributed by atoms with E-state index < -0.39 is 6.03 Å². The van der Waals surface area contributed by atoms with E-state index in [0.717, 1.165) is 10.5 Å². The van der Waals surface area contributed by atoms with Crippen molar-refractivity contribution in [2.45, 2.75) is 6.54 Å². The standard InChI is InChI=1S/C11H14FN3O2/c1-15(11(13)17)7-10(16)14-6-8-2-4-9(12)5-3-8/h2-5H,6-7H2,1H3,(H2,13,17)(H,14,16). The Morgan fingerprint density at radius 2 is 1.94 bits per heavy atom. The molecule has 0 fully saturated rings. The summed E-state index contributed by atoms with van der Waals surface area (Å²) >= 11 is 0. The minimum atomic E-state index is -0.665. The van der Waals surface area contributed by atoms with Crippen LogP contribution in [0.1, 0.15) is 5.56 Å². The van der Waals surface area contributed by atoms with Gasteiger partial charge < -0.3 is 16.0 Å². The summed E-state index contributed by atoms with van der Waals surface area (Å²) in [5.74, 6) is -0.649. The average Bonchev–Trinajstić information content (AvgIpc) is 2.28. The predicted octanol–water partition coefficient (Wildman–Crippen LogP) is 0.452. The van der Waals surface area contributed by atoms with Gasteiger partial charge in [0.2, 0.25) is 5.91 Å². The first-order chi connectivity index (χ1) is 7.99. The number of carbonyl (C=O) groups excluding carboxylic acids is 2. The molecule has 0 aliphatic heterocycles. The molecule has 6 heteroatoms. The first kappa shape index (κ1) is 13.0. The molecule has 92 valence electrons. The molecule has 0 aliphatic rings. The number of urea groups is 1. The lowest BCUT2D eigenvalue weighted by Crippen LogP contribution is -2.40. The molecule has 0 atom stereocenters. The van der Waals surface area contributed by atoms with Crippen LogP contribution < -0.4 is 11.1 Å². The van der Waals surface area contributed by atoms with Crippen molar-refractivity contribution in [2.24, 2.45) is 5.73 Å². The summed E-state index contributed by atoms with van der Waals surface area (Å²) < 4.78 is 12.6. The van der Waals surface area contributed by atoms with Gasteiger partial charge in [-0.15, -0.1) is 0 Å². The van der Waals surface area contributed by atoms with Crippen LogP contribution in [0.4, 0.5) is 9.18 Å². The van der Waals surface area contributed by atoms with Gasteiger partial charge in [0.15, 0.2) is 0 Å². The van der Waals surface area contributed by atoms with E-state index in [0.29, 0.717) is 0 Å². The van der Waals surface area contributed by atoms with Crippen LogP contribution in [0.25, 0.3) is 0 Å². The third-order valence-corrected chi connectivity index (χ3v) is 2.16. The molecular formula is C11H14FN3O2. The van der Waals surface area contributed by atoms with Gasteiger partial charge in [0.05, 0.1) is 0 Å². The highest BCUT2D eigenvalue weighted by Crippen LogP contribution is 2.01. The molecule has 0 spiro atoms. The molecule has 1 rings (SSSR count). The highest BCUT2D eigenvalue weighted by Gasteiger charge is 2.08. The van der Waals surface area contributed by atoms with Crippen molar-refractivity contribution in [3.63, 3.8) is 0 Å². The Morgan fingerprint density at radius 1 is 1.35 bits per heavy atom. The third-order valence-electron chi connectivity index (χ3n) is 2.16. The Hall–Kier alpha value is -2.11. The summed E-state index contributed by atoms with van der Waals surface area (Å²) in [6, 6.07) is 5.12. The van der Waals surface area contributed by atoms with Crippen LogP contribution in [0.5, 0.6) is 0 Å². The summed E-state index contributed by atoms with van der Waals surface area (Å²) in [4.78, 5) is 23.1. The summed E-state index contributed by atoms with van der Waals surface area (Å²) in [5, 5.41) is 2.59. The minimum Gasteiger partial charge on any atom is -0.351 e. The minimum absolute atomic E-state index is 0.101. The second-order valence-corrected chi connectivity index (χ2v) is 3.60. The number of primary amides is 1. The molecule has 0 bridgehead atoms. The van der Waals surface area contributed by atoms with Gasteiger partial charge in [-0.25, -0.2) is 9.18 Å². The van der Waals surface area contributed by atoms with Crippen molar-refractivity contribution in [3.8, 4) is 0 Å². The van der Waals surface area contributed by atoms with Crippen LogP contribution in [0.3, 0.4) is 0 Å². The van der Waals surface area contributed by atoms with Gasteiger partial charge in [-0.3, -0.25) is 4.79 Å². The molecule has 0 saturated heterocycles. The molecule has 0 unspecified atom stereocenters. The molecule has 0 saturated carbocycles. The lowest BCUT2D eigenvalue weighted by atomic mass is 10.2. The van der Waals surface area contributed by atoms with E-state index in [-0.39, 0.29) is 24.8 Å². The molecule has 17 heavy (non-hydrogen) atoms. The second kappa shape index (κ2) is 5.83. The van der Waals surface area contributed by atoms with E-state index in [9.17, 15) is 14.0 Å². The predicted molar refractivity (Wildman–Crippen MR) is 60.5 cm³/mol. The maximum atomic E-state index is 12.6. The van der Waals surface area contributed by atoms with E-state index in [1.54, 1.807) is 12.1 Å². The van der Waals surface area contributed by atoms with Crippen molar-refractivity contribution in [2.75, 3.05) is 13.6 Å². The first-order valence-corrected chi connectivity index (χ1v) is 5.00. The molecule has 1 aromatic rings. The van der Waals surface area contributed by atoms with Crippen LogP contribution in [-0.2, 0) is 11.3 Å². The van der Waals surface area contributed by atoms with Crippen LogP contribution >= 0.6 is 0 Å². The SMILES string of the molecule is CN(CC(=O)NCc1ccc(F)cc1)C(N)=O. The second-order valence-electron chi connectivity index (χ2n) is 3.60. The smallest absolute Gasteiger partial charge is 0.314 e. The van der Waals surface area contributed by atoms with E-state index in [1.165, 1.54) is 19.2 Å². The summed E-state index contributed by atoms with van der Waals surface area (Å²) in [6.07, 6.45) is 0. The number of halogens is 1. The normalized spacial score (nSPS) is 9.76. The quantitative estimate of drug-likeness (QED) is 0.800. The summed E-state index contributed by atoms with van der Waals surface area (Å²) in [7, 11) is 1.43. The zero-order valence-electron chi connectivity index (χ0n) is 9.44. The van der Waals surface area contributed by atoms with Crippen molar-refractivity contribution in [3.05, 3.63) is 35.6 Å². The fourth-order valence-electron chi connectivity index (χ4n) is 1.15. The zero-order chi connectivity index (χ0) is 12.8. The molecule has 3 amide bonds. The van der Waals surface area contributed by atoms with Gasteiger partial charge in [0.25, 0.3) is 0 Å². The third kappa shape index (κ3) is 4.50. The Labute approximate surface area is 98.4 Å². The van der Waals surface area contributed by atoms with Crippen LogP contribution in [0.2, 0.25) is 0 Å². The molecule has 3 N–H and O–H groups in total. The Morgan fingerprint density at radius 3 is 2.47 bits per heavy atom. The van der Waals surface area contributed by atoms with E-state index >= 15 is 0 Å². The fraction of sp³-hybridized carbons (Fsp3) is 0.273. The maximum Gasteiger partial charge on any atom is 0.314 e. The highest BCUT2D eigenvalue weighted by molar-refractivity contribution is 5.83. The maximum absolute atomic E-state index is 12.6. The Balaban J connectivity index is 2.38. The van der Waals surface area contributed by atoms with Crippen molar-refractivity contribution in [1.29, 1.82) is 0 Å². The average molecular weight is 239 g/mol.